The number of oxazole rings is 1. The van der Waals surface area contributed by atoms with Gasteiger partial charge < -0.3 is 14.4 Å². The van der Waals surface area contributed by atoms with E-state index in [9.17, 15) is 9.90 Å². The molecule has 0 saturated carbocycles. The number of anilines is 1. The molecule has 3 rings (SSSR count). The number of aryl methyl sites for hydroxylation is 2. The molecule has 106 valence electrons. The van der Waals surface area contributed by atoms with Gasteiger partial charge >= 0.3 is 5.97 Å². The second kappa shape index (κ2) is 4.81. The summed E-state index contributed by atoms with van der Waals surface area (Å²) in [6.07, 6.45) is 2.55. The SMILES string of the molecule is Cc1cc2nc(N3CCCCC3C(=O)O)oc2cc1C. The van der Waals surface area contributed by atoms with Crippen LogP contribution < -0.4 is 4.90 Å². The Bertz CT molecular complexity index is 623. The number of hydrogen-bond donors (Lipinski definition) is 1. The summed E-state index contributed by atoms with van der Waals surface area (Å²) in [5.74, 6) is -0.806. The Labute approximate surface area is 117 Å². The van der Waals surface area contributed by atoms with Gasteiger partial charge in [0.15, 0.2) is 5.58 Å². The Morgan fingerprint density at radius 1 is 1.35 bits per heavy atom. The predicted molar refractivity (Wildman–Crippen MR) is 76.1 cm³/mol. The quantitative estimate of drug-likeness (QED) is 0.912. The van der Waals surface area contributed by atoms with Gasteiger partial charge in [-0.1, -0.05) is 0 Å². The van der Waals surface area contributed by atoms with Crippen LogP contribution in [-0.4, -0.2) is 28.6 Å². The van der Waals surface area contributed by atoms with E-state index in [1.165, 1.54) is 0 Å². The molecule has 2 aromatic rings. The fraction of sp³-hybridized carbons (Fsp3) is 0.467. The van der Waals surface area contributed by atoms with Crippen LogP contribution in [0.3, 0.4) is 0 Å². The first kappa shape index (κ1) is 13.0. The van der Waals surface area contributed by atoms with Crippen LogP contribution in [0.2, 0.25) is 0 Å². The molecule has 1 atom stereocenters. The van der Waals surface area contributed by atoms with Gasteiger partial charge in [0.2, 0.25) is 0 Å². The molecule has 1 aromatic carbocycles. The van der Waals surface area contributed by atoms with Crippen LogP contribution >= 0.6 is 0 Å². The molecular weight excluding hydrogens is 256 g/mol. The summed E-state index contributed by atoms with van der Waals surface area (Å²) >= 11 is 0. The molecule has 5 nitrogen and oxygen atoms in total. The molecule has 0 aliphatic carbocycles. The Kier molecular flexibility index (Phi) is 3.12. The van der Waals surface area contributed by atoms with E-state index in [2.05, 4.69) is 4.98 Å². The number of piperidine rings is 1. The fourth-order valence-corrected chi connectivity index (χ4v) is 2.71. The molecule has 0 amide bonds. The minimum absolute atomic E-state index is 0.428. The topological polar surface area (TPSA) is 66.6 Å². The van der Waals surface area contributed by atoms with E-state index in [0.717, 1.165) is 35.1 Å². The maximum Gasteiger partial charge on any atom is 0.326 e. The van der Waals surface area contributed by atoms with Crippen molar-refractivity contribution in [3.8, 4) is 0 Å². The molecule has 0 bridgehead atoms. The standard InChI is InChI=1S/C15H18N2O3/c1-9-7-11-13(8-10(9)2)20-15(16-11)17-6-4-3-5-12(17)14(18)19/h7-8,12H,3-6H2,1-2H3,(H,18,19). The van der Waals surface area contributed by atoms with Crippen LogP contribution in [0, 0.1) is 13.8 Å². The second-order valence-electron chi connectivity index (χ2n) is 5.44. The van der Waals surface area contributed by atoms with Crippen molar-refractivity contribution in [1.82, 2.24) is 4.98 Å². The van der Waals surface area contributed by atoms with E-state index in [1.54, 1.807) is 4.90 Å². The lowest BCUT2D eigenvalue weighted by Gasteiger charge is -2.31. The molecule has 2 heterocycles. The highest BCUT2D eigenvalue weighted by atomic mass is 16.4. The molecular formula is C15H18N2O3. The maximum absolute atomic E-state index is 11.4. The Morgan fingerprint density at radius 2 is 2.10 bits per heavy atom. The van der Waals surface area contributed by atoms with Gasteiger partial charge in [-0.2, -0.15) is 4.98 Å². The van der Waals surface area contributed by atoms with Crippen LogP contribution in [0.25, 0.3) is 11.1 Å². The molecule has 1 N–H and O–H groups in total. The van der Waals surface area contributed by atoms with Gasteiger partial charge in [-0.05, 0) is 56.4 Å². The van der Waals surface area contributed by atoms with Crippen molar-refractivity contribution in [2.24, 2.45) is 0 Å². The summed E-state index contributed by atoms with van der Waals surface area (Å²) in [6.45, 7) is 4.74. The number of carboxylic acid groups (broad SMARTS) is 1. The van der Waals surface area contributed by atoms with Crippen LogP contribution in [0.1, 0.15) is 30.4 Å². The Morgan fingerprint density at radius 3 is 2.85 bits per heavy atom. The van der Waals surface area contributed by atoms with Gasteiger partial charge in [0.25, 0.3) is 6.01 Å². The van der Waals surface area contributed by atoms with Gasteiger partial charge in [0.1, 0.15) is 11.6 Å². The molecule has 20 heavy (non-hydrogen) atoms. The van der Waals surface area contributed by atoms with E-state index in [-0.39, 0.29) is 0 Å². The lowest BCUT2D eigenvalue weighted by atomic mass is 10.0. The Hall–Kier alpha value is -2.04. The average Bonchev–Trinajstić information content (AvgIpc) is 2.82. The molecule has 1 fully saturated rings. The normalized spacial score (nSPS) is 19.5. The summed E-state index contributed by atoms with van der Waals surface area (Å²) in [4.78, 5) is 17.6. The minimum atomic E-state index is -0.806. The highest BCUT2D eigenvalue weighted by Gasteiger charge is 2.31. The second-order valence-corrected chi connectivity index (χ2v) is 5.44. The average molecular weight is 274 g/mol. The lowest BCUT2D eigenvalue weighted by molar-refractivity contribution is -0.139. The molecule has 1 unspecified atom stereocenters. The molecule has 1 saturated heterocycles. The lowest BCUT2D eigenvalue weighted by Crippen LogP contribution is -2.44. The third-order valence-electron chi connectivity index (χ3n) is 4.03. The summed E-state index contributed by atoms with van der Waals surface area (Å²) in [5.41, 5.74) is 3.81. The number of aliphatic carboxylic acids is 1. The number of aromatic nitrogens is 1. The van der Waals surface area contributed by atoms with Gasteiger partial charge in [0, 0.05) is 6.54 Å². The van der Waals surface area contributed by atoms with E-state index in [0.29, 0.717) is 19.0 Å². The third kappa shape index (κ3) is 2.13. The number of carboxylic acids is 1. The van der Waals surface area contributed by atoms with Gasteiger partial charge in [-0.25, -0.2) is 4.79 Å². The maximum atomic E-state index is 11.4. The molecule has 5 heteroatoms. The smallest absolute Gasteiger partial charge is 0.326 e. The Balaban J connectivity index is 2.02. The summed E-state index contributed by atoms with van der Waals surface area (Å²) < 4.78 is 5.78. The highest BCUT2D eigenvalue weighted by Crippen LogP contribution is 2.29. The van der Waals surface area contributed by atoms with Crippen molar-refractivity contribution in [2.75, 3.05) is 11.4 Å². The van der Waals surface area contributed by atoms with Crippen LogP contribution in [0.5, 0.6) is 0 Å². The van der Waals surface area contributed by atoms with Crippen molar-refractivity contribution in [1.29, 1.82) is 0 Å². The third-order valence-corrected chi connectivity index (χ3v) is 4.03. The molecule has 1 aliphatic heterocycles. The largest absolute Gasteiger partial charge is 0.480 e. The minimum Gasteiger partial charge on any atom is -0.480 e. The number of carbonyl (C=O) groups is 1. The first-order valence-electron chi connectivity index (χ1n) is 6.93. The predicted octanol–water partition coefficient (Wildman–Crippen LogP) is 2.89. The van der Waals surface area contributed by atoms with Crippen LogP contribution in [-0.2, 0) is 4.79 Å². The molecule has 1 aliphatic rings. The number of benzene rings is 1. The van der Waals surface area contributed by atoms with E-state index >= 15 is 0 Å². The molecule has 0 radical (unpaired) electrons. The van der Waals surface area contributed by atoms with Gasteiger partial charge in [-0.15, -0.1) is 0 Å². The summed E-state index contributed by atoms with van der Waals surface area (Å²) in [6, 6.07) is 3.84. The van der Waals surface area contributed by atoms with E-state index in [1.807, 2.05) is 26.0 Å². The van der Waals surface area contributed by atoms with Crippen molar-refractivity contribution >= 4 is 23.1 Å². The van der Waals surface area contributed by atoms with Crippen molar-refractivity contribution in [3.63, 3.8) is 0 Å². The molecule has 1 aromatic heterocycles. The van der Waals surface area contributed by atoms with Crippen LogP contribution in [0.15, 0.2) is 16.5 Å². The first-order chi connectivity index (χ1) is 9.56. The number of rotatable bonds is 2. The van der Waals surface area contributed by atoms with Gasteiger partial charge in [-0.3, -0.25) is 0 Å². The zero-order chi connectivity index (χ0) is 14.3. The van der Waals surface area contributed by atoms with Crippen LogP contribution in [0.4, 0.5) is 6.01 Å². The van der Waals surface area contributed by atoms with Gasteiger partial charge in [0.05, 0.1) is 0 Å². The number of nitrogens with zero attached hydrogens (tertiary/aromatic N) is 2. The molecule has 0 spiro atoms. The number of hydrogen-bond acceptors (Lipinski definition) is 4. The first-order valence-corrected chi connectivity index (χ1v) is 6.93. The highest BCUT2D eigenvalue weighted by molar-refractivity contribution is 5.80. The van der Waals surface area contributed by atoms with Crippen molar-refractivity contribution < 1.29 is 14.3 Å². The summed E-state index contributed by atoms with van der Waals surface area (Å²) in [7, 11) is 0. The zero-order valence-corrected chi connectivity index (χ0v) is 11.7. The van der Waals surface area contributed by atoms with Crippen molar-refractivity contribution in [2.45, 2.75) is 39.2 Å². The number of fused-ring (bicyclic) bond motifs is 1. The summed E-state index contributed by atoms with van der Waals surface area (Å²) in [5, 5.41) is 9.32. The monoisotopic (exact) mass is 274 g/mol. The fourth-order valence-electron chi connectivity index (χ4n) is 2.71. The zero-order valence-electron chi connectivity index (χ0n) is 11.7. The van der Waals surface area contributed by atoms with E-state index in [4.69, 9.17) is 4.42 Å². The van der Waals surface area contributed by atoms with E-state index < -0.39 is 12.0 Å². The van der Waals surface area contributed by atoms with Crippen molar-refractivity contribution in [3.05, 3.63) is 23.3 Å².